The fourth-order valence-electron chi connectivity index (χ4n) is 2.09. The molecule has 1 N–H and O–H groups in total. The Morgan fingerprint density at radius 2 is 1.94 bits per heavy atom. The first-order valence-corrected chi connectivity index (χ1v) is 6.88. The highest BCUT2D eigenvalue weighted by Crippen LogP contribution is 2.11. The molecule has 0 spiro atoms. The van der Waals surface area contributed by atoms with Gasteiger partial charge in [0.25, 0.3) is 0 Å². The maximum Gasteiger partial charge on any atom is 0.397 e. The van der Waals surface area contributed by atoms with E-state index in [9.17, 15) is 9.59 Å². The van der Waals surface area contributed by atoms with E-state index in [1.54, 1.807) is 11.8 Å². The molecule has 0 aromatic rings. The van der Waals surface area contributed by atoms with E-state index in [0.717, 1.165) is 19.4 Å². The minimum Gasteiger partial charge on any atom is -0.459 e. The van der Waals surface area contributed by atoms with Gasteiger partial charge in [-0.3, -0.25) is 4.79 Å². The summed E-state index contributed by atoms with van der Waals surface area (Å²) < 4.78 is 4.72. The highest BCUT2D eigenvalue weighted by Gasteiger charge is 2.27. The first-order chi connectivity index (χ1) is 8.69. The lowest BCUT2D eigenvalue weighted by Crippen LogP contribution is -2.47. The van der Waals surface area contributed by atoms with Crippen LogP contribution in [0.2, 0.25) is 0 Å². The van der Waals surface area contributed by atoms with Crippen LogP contribution >= 0.6 is 0 Å². The fraction of sp³-hybridized carbons (Fsp3) is 0.846. The van der Waals surface area contributed by atoms with E-state index in [2.05, 4.69) is 12.2 Å². The Labute approximate surface area is 109 Å². The first kappa shape index (κ1) is 15.0. The highest BCUT2D eigenvalue weighted by molar-refractivity contribution is 6.32. The third-order valence-corrected chi connectivity index (χ3v) is 3.20. The monoisotopic (exact) mass is 256 g/mol. The molecular weight excluding hydrogens is 232 g/mol. The van der Waals surface area contributed by atoms with Crippen LogP contribution in [0.15, 0.2) is 0 Å². The van der Waals surface area contributed by atoms with Gasteiger partial charge in [0, 0.05) is 19.1 Å². The number of piperidine rings is 1. The number of unbranched alkanes of at least 4 members (excludes halogenated alkanes) is 1. The van der Waals surface area contributed by atoms with E-state index in [4.69, 9.17) is 4.74 Å². The Balaban J connectivity index is 2.26. The lowest BCUT2D eigenvalue weighted by atomic mass is 10.0. The minimum atomic E-state index is -0.727. The summed E-state index contributed by atoms with van der Waals surface area (Å²) in [5.74, 6) is -1.22. The van der Waals surface area contributed by atoms with Crippen molar-refractivity contribution in [3.63, 3.8) is 0 Å². The molecule has 0 atom stereocenters. The number of ether oxygens (including phenoxy) is 1. The van der Waals surface area contributed by atoms with Crippen LogP contribution in [-0.2, 0) is 14.3 Å². The van der Waals surface area contributed by atoms with E-state index in [0.29, 0.717) is 19.1 Å². The highest BCUT2D eigenvalue weighted by atomic mass is 16.5. The molecule has 0 aliphatic carbocycles. The summed E-state index contributed by atoms with van der Waals surface area (Å²) in [5.41, 5.74) is 0. The molecule has 18 heavy (non-hydrogen) atoms. The first-order valence-electron chi connectivity index (χ1n) is 6.88. The second kappa shape index (κ2) is 8.08. The molecule has 0 radical (unpaired) electrons. The van der Waals surface area contributed by atoms with Crippen molar-refractivity contribution in [2.75, 3.05) is 26.2 Å². The summed E-state index contributed by atoms with van der Waals surface area (Å²) in [7, 11) is 0. The normalized spacial score (nSPS) is 16.7. The molecule has 1 saturated heterocycles. The largest absolute Gasteiger partial charge is 0.459 e. The number of carbonyl (C=O) groups excluding carboxylic acids is 2. The van der Waals surface area contributed by atoms with E-state index in [1.165, 1.54) is 12.8 Å². The summed E-state index contributed by atoms with van der Waals surface area (Å²) >= 11 is 0. The van der Waals surface area contributed by atoms with Gasteiger partial charge in [0.15, 0.2) is 0 Å². The quantitative estimate of drug-likeness (QED) is 0.451. The SMILES string of the molecule is CCCCNC1CCN(C(=O)C(=O)OCC)CC1. The second-order valence-corrected chi connectivity index (χ2v) is 4.59. The zero-order chi connectivity index (χ0) is 13.4. The van der Waals surface area contributed by atoms with Gasteiger partial charge in [-0.25, -0.2) is 4.79 Å². The molecule has 5 heteroatoms. The van der Waals surface area contributed by atoms with Crippen molar-refractivity contribution in [3.8, 4) is 0 Å². The molecule has 1 rings (SSSR count). The van der Waals surface area contributed by atoms with Gasteiger partial charge in [0.05, 0.1) is 6.61 Å². The van der Waals surface area contributed by atoms with E-state index < -0.39 is 11.9 Å². The van der Waals surface area contributed by atoms with Gasteiger partial charge in [-0.05, 0) is 32.7 Å². The summed E-state index contributed by atoms with van der Waals surface area (Å²) in [6.07, 6.45) is 4.19. The van der Waals surface area contributed by atoms with Crippen molar-refractivity contribution in [1.82, 2.24) is 10.2 Å². The van der Waals surface area contributed by atoms with Crippen LogP contribution in [0.5, 0.6) is 0 Å². The van der Waals surface area contributed by atoms with Gasteiger partial charge in [-0.2, -0.15) is 0 Å². The number of likely N-dealkylation sites (tertiary alicyclic amines) is 1. The van der Waals surface area contributed by atoms with Crippen molar-refractivity contribution >= 4 is 11.9 Å². The average molecular weight is 256 g/mol. The van der Waals surface area contributed by atoms with Crippen molar-refractivity contribution in [2.24, 2.45) is 0 Å². The van der Waals surface area contributed by atoms with Crippen LogP contribution < -0.4 is 5.32 Å². The predicted molar refractivity (Wildman–Crippen MR) is 69.1 cm³/mol. The maximum absolute atomic E-state index is 11.7. The lowest BCUT2D eigenvalue weighted by Gasteiger charge is -2.31. The molecule has 1 aliphatic heterocycles. The molecule has 0 saturated carbocycles. The lowest BCUT2D eigenvalue weighted by molar-refractivity contribution is -0.160. The number of esters is 1. The zero-order valence-electron chi connectivity index (χ0n) is 11.4. The number of rotatable bonds is 5. The molecule has 0 aromatic heterocycles. The van der Waals surface area contributed by atoms with Crippen LogP contribution in [-0.4, -0.2) is 49.1 Å². The Bertz CT molecular complexity index is 273. The number of amides is 1. The molecule has 1 aliphatic rings. The van der Waals surface area contributed by atoms with Crippen molar-refractivity contribution in [3.05, 3.63) is 0 Å². The van der Waals surface area contributed by atoms with Crippen LogP contribution in [0.3, 0.4) is 0 Å². The molecule has 0 aromatic carbocycles. The van der Waals surface area contributed by atoms with E-state index in [-0.39, 0.29) is 6.61 Å². The van der Waals surface area contributed by atoms with Gasteiger partial charge in [-0.15, -0.1) is 0 Å². The molecule has 1 amide bonds. The molecule has 104 valence electrons. The number of nitrogens with one attached hydrogen (secondary N) is 1. The van der Waals surface area contributed by atoms with Crippen LogP contribution in [0.4, 0.5) is 0 Å². The Hall–Kier alpha value is -1.10. The van der Waals surface area contributed by atoms with Gasteiger partial charge in [0.1, 0.15) is 0 Å². The molecule has 1 fully saturated rings. The van der Waals surface area contributed by atoms with Gasteiger partial charge < -0.3 is 15.0 Å². The number of nitrogens with zero attached hydrogens (tertiary/aromatic N) is 1. The molecular formula is C13H24N2O3. The van der Waals surface area contributed by atoms with E-state index in [1.807, 2.05) is 0 Å². The summed E-state index contributed by atoms with van der Waals surface area (Å²) in [6, 6.07) is 0.475. The summed E-state index contributed by atoms with van der Waals surface area (Å²) in [5, 5.41) is 3.48. The van der Waals surface area contributed by atoms with E-state index >= 15 is 0 Å². The average Bonchev–Trinajstić information content (AvgIpc) is 2.39. The fourth-order valence-corrected chi connectivity index (χ4v) is 2.09. The Morgan fingerprint density at radius 1 is 1.28 bits per heavy atom. The van der Waals surface area contributed by atoms with Crippen LogP contribution in [0.1, 0.15) is 39.5 Å². The zero-order valence-corrected chi connectivity index (χ0v) is 11.4. The number of hydrogen-bond acceptors (Lipinski definition) is 4. The molecule has 0 bridgehead atoms. The standard InChI is InChI=1S/C13H24N2O3/c1-3-5-8-14-11-6-9-15(10-7-11)12(16)13(17)18-4-2/h11,14H,3-10H2,1-2H3. The third-order valence-electron chi connectivity index (χ3n) is 3.20. The Kier molecular flexibility index (Phi) is 6.72. The van der Waals surface area contributed by atoms with Crippen LogP contribution in [0.25, 0.3) is 0 Å². The van der Waals surface area contributed by atoms with Crippen molar-refractivity contribution in [2.45, 2.75) is 45.6 Å². The minimum absolute atomic E-state index is 0.250. The number of carbonyl (C=O) groups is 2. The number of hydrogen-bond donors (Lipinski definition) is 1. The topological polar surface area (TPSA) is 58.6 Å². The third kappa shape index (κ3) is 4.64. The molecule has 1 heterocycles. The van der Waals surface area contributed by atoms with Crippen molar-refractivity contribution < 1.29 is 14.3 Å². The van der Waals surface area contributed by atoms with Crippen molar-refractivity contribution in [1.29, 1.82) is 0 Å². The van der Waals surface area contributed by atoms with Gasteiger partial charge in [-0.1, -0.05) is 13.3 Å². The predicted octanol–water partition coefficient (Wildman–Crippen LogP) is 0.930. The molecule has 5 nitrogen and oxygen atoms in total. The molecule has 0 unspecified atom stereocenters. The second-order valence-electron chi connectivity index (χ2n) is 4.59. The maximum atomic E-state index is 11.7. The summed E-state index contributed by atoms with van der Waals surface area (Å²) in [4.78, 5) is 24.6. The van der Waals surface area contributed by atoms with Gasteiger partial charge in [0.2, 0.25) is 0 Å². The van der Waals surface area contributed by atoms with Crippen LogP contribution in [0, 0.1) is 0 Å². The Morgan fingerprint density at radius 3 is 2.50 bits per heavy atom. The smallest absolute Gasteiger partial charge is 0.397 e. The van der Waals surface area contributed by atoms with Gasteiger partial charge >= 0.3 is 11.9 Å². The summed E-state index contributed by atoms with van der Waals surface area (Å²) in [6.45, 7) is 6.44.